The SMILES string of the molecule is NC(=S)c1cccc(OCCc2cccnc2)c1. The van der Waals surface area contributed by atoms with Gasteiger partial charge in [-0.2, -0.15) is 0 Å². The third kappa shape index (κ3) is 3.53. The molecular weight excluding hydrogens is 244 g/mol. The van der Waals surface area contributed by atoms with Crippen LogP contribution in [0.3, 0.4) is 0 Å². The summed E-state index contributed by atoms with van der Waals surface area (Å²) in [7, 11) is 0. The zero-order valence-electron chi connectivity index (χ0n) is 9.87. The smallest absolute Gasteiger partial charge is 0.120 e. The molecule has 18 heavy (non-hydrogen) atoms. The van der Waals surface area contributed by atoms with Crippen molar-refractivity contribution in [2.45, 2.75) is 6.42 Å². The van der Waals surface area contributed by atoms with Gasteiger partial charge in [-0.3, -0.25) is 4.98 Å². The molecule has 1 aromatic carbocycles. The molecule has 2 rings (SSSR count). The lowest BCUT2D eigenvalue weighted by molar-refractivity contribution is 0.322. The molecule has 0 fully saturated rings. The fourth-order valence-corrected chi connectivity index (χ4v) is 1.70. The van der Waals surface area contributed by atoms with Crippen molar-refractivity contribution >= 4 is 17.2 Å². The van der Waals surface area contributed by atoms with Crippen LogP contribution in [0.1, 0.15) is 11.1 Å². The van der Waals surface area contributed by atoms with Crippen LogP contribution in [-0.2, 0) is 6.42 Å². The summed E-state index contributed by atoms with van der Waals surface area (Å²) in [6.07, 6.45) is 4.43. The molecule has 3 nitrogen and oxygen atoms in total. The standard InChI is InChI=1S/C14H14N2OS/c15-14(18)12-4-1-5-13(9-12)17-8-6-11-3-2-7-16-10-11/h1-5,7,9-10H,6,8H2,(H2,15,18). The fourth-order valence-electron chi connectivity index (χ4n) is 1.57. The summed E-state index contributed by atoms with van der Waals surface area (Å²) in [5.41, 5.74) is 7.55. The van der Waals surface area contributed by atoms with E-state index in [1.165, 1.54) is 0 Å². The predicted octanol–water partition coefficient (Wildman–Crippen LogP) is 2.34. The van der Waals surface area contributed by atoms with Gasteiger partial charge < -0.3 is 10.5 Å². The first-order valence-electron chi connectivity index (χ1n) is 5.67. The molecule has 1 aromatic heterocycles. The first-order valence-corrected chi connectivity index (χ1v) is 6.08. The van der Waals surface area contributed by atoms with Crippen LogP contribution in [0.4, 0.5) is 0 Å². The van der Waals surface area contributed by atoms with Crippen molar-refractivity contribution in [1.82, 2.24) is 4.98 Å². The summed E-state index contributed by atoms with van der Waals surface area (Å²) in [6, 6.07) is 11.4. The van der Waals surface area contributed by atoms with Gasteiger partial charge in [-0.1, -0.05) is 30.4 Å². The highest BCUT2D eigenvalue weighted by molar-refractivity contribution is 7.80. The third-order valence-electron chi connectivity index (χ3n) is 2.50. The molecule has 0 bridgehead atoms. The second-order valence-electron chi connectivity index (χ2n) is 3.85. The van der Waals surface area contributed by atoms with Crippen molar-refractivity contribution < 1.29 is 4.74 Å². The lowest BCUT2D eigenvalue weighted by Gasteiger charge is -2.07. The molecule has 2 aromatic rings. The molecule has 92 valence electrons. The maximum atomic E-state index is 5.66. The molecule has 2 N–H and O–H groups in total. The molecule has 0 radical (unpaired) electrons. The topological polar surface area (TPSA) is 48.1 Å². The Morgan fingerprint density at radius 1 is 1.28 bits per heavy atom. The minimum atomic E-state index is 0.382. The average molecular weight is 258 g/mol. The summed E-state index contributed by atoms with van der Waals surface area (Å²) >= 11 is 4.92. The zero-order chi connectivity index (χ0) is 12.8. The summed E-state index contributed by atoms with van der Waals surface area (Å²) in [6.45, 7) is 0.604. The van der Waals surface area contributed by atoms with E-state index >= 15 is 0 Å². The van der Waals surface area contributed by atoms with E-state index in [0.717, 1.165) is 23.3 Å². The van der Waals surface area contributed by atoms with Crippen LogP contribution in [0.25, 0.3) is 0 Å². The van der Waals surface area contributed by atoms with Crippen LogP contribution in [0.2, 0.25) is 0 Å². The van der Waals surface area contributed by atoms with Crippen LogP contribution >= 0.6 is 12.2 Å². The number of rotatable bonds is 5. The molecular formula is C14H14N2OS. The molecule has 0 saturated heterocycles. The predicted molar refractivity (Wildman–Crippen MR) is 75.8 cm³/mol. The first-order chi connectivity index (χ1) is 8.75. The zero-order valence-corrected chi connectivity index (χ0v) is 10.7. The number of thiocarbonyl (C=S) groups is 1. The van der Waals surface area contributed by atoms with Gasteiger partial charge >= 0.3 is 0 Å². The van der Waals surface area contributed by atoms with Crippen molar-refractivity contribution in [3.8, 4) is 5.75 Å². The maximum absolute atomic E-state index is 5.66. The van der Waals surface area contributed by atoms with Crippen molar-refractivity contribution in [1.29, 1.82) is 0 Å². The molecule has 0 saturated carbocycles. The first kappa shape index (κ1) is 12.5. The van der Waals surface area contributed by atoms with E-state index in [9.17, 15) is 0 Å². The maximum Gasteiger partial charge on any atom is 0.120 e. The molecule has 0 aliphatic heterocycles. The van der Waals surface area contributed by atoms with Crippen LogP contribution in [0, 0.1) is 0 Å². The van der Waals surface area contributed by atoms with Crippen LogP contribution < -0.4 is 10.5 Å². The van der Waals surface area contributed by atoms with E-state index in [-0.39, 0.29) is 0 Å². The Balaban J connectivity index is 1.90. The molecule has 0 spiro atoms. The molecule has 0 aliphatic carbocycles. The highest BCUT2D eigenvalue weighted by Gasteiger charge is 1.99. The van der Waals surface area contributed by atoms with E-state index < -0.39 is 0 Å². The normalized spacial score (nSPS) is 10.0. The second kappa shape index (κ2) is 6.12. The highest BCUT2D eigenvalue weighted by atomic mass is 32.1. The van der Waals surface area contributed by atoms with Crippen molar-refractivity contribution in [3.63, 3.8) is 0 Å². The molecule has 0 atom stereocenters. The largest absolute Gasteiger partial charge is 0.493 e. The number of nitrogens with two attached hydrogens (primary N) is 1. The van der Waals surface area contributed by atoms with E-state index in [1.54, 1.807) is 6.20 Å². The summed E-state index contributed by atoms with van der Waals surface area (Å²) < 4.78 is 5.66. The quantitative estimate of drug-likeness (QED) is 0.836. The van der Waals surface area contributed by atoms with Crippen LogP contribution in [-0.4, -0.2) is 16.6 Å². The number of hydrogen-bond acceptors (Lipinski definition) is 3. The lowest BCUT2D eigenvalue weighted by Crippen LogP contribution is -2.09. The highest BCUT2D eigenvalue weighted by Crippen LogP contribution is 2.13. The van der Waals surface area contributed by atoms with Gasteiger partial charge in [0.05, 0.1) is 6.61 Å². The molecule has 0 unspecified atom stereocenters. The van der Waals surface area contributed by atoms with Crippen molar-refractivity contribution in [3.05, 3.63) is 59.9 Å². The average Bonchev–Trinajstić information content (AvgIpc) is 2.40. The van der Waals surface area contributed by atoms with E-state index in [1.807, 2.05) is 42.6 Å². The van der Waals surface area contributed by atoms with Gasteiger partial charge in [0.2, 0.25) is 0 Å². The Hall–Kier alpha value is -1.94. The Morgan fingerprint density at radius 2 is 2.17 bits per heavy atom. The number of benzene rings is 1. The number of nitrogens with zero attached hydrogens (tertiary/aromatic N) is 1. The third-order valence-corrected chi connectivity index (χ3v) is 2.74. The minimum absolute atomic E-state index is 0.382. The fraction of sp³-hybridized carbons (Fsp3) is 0.143. The summed E-state index contributed by atoms with van der Waals surface area (Å²) in [4.78, 5) is 4.44. The van der Waals surface area contributed by atoms with Gasteiger partial charge in [0.15, 0.2) is 0 Å². The minimum Gasteiger partial charge on any atom is -0.493 e. The molecule has 4 heteroatoms. The monoisotopic (exact) mass is 258 g/mol. The van der Waals surface area contributed by atoms with E-state index in [0.29, 0.717) is 11.6 Å². The number of pyridine rings is 1. The number of hydrogen-bond donors (Lipinski definition) is 1. The molecule has 0 amide bonds. The van der Waals surface area contributed by atoms with E-state index in [2.05, 4.69) is 4.98 Å². The van der Waals surface area contributed by atoms with Crippen molar-refractivity contribution in [2.75, 3.05) is 6.61 Å². The van der Waals surface area contributed by atoms with Crippen LogP contribution in [0.15, 0.2) is 48.8 Å². The number of aromatic nitrogens is 1. The summed E-state index contributed by atoms with van der Waals surface area (Å²) in [5, 5.41) is 0. The van der Waals surface area contributed by atoms with Gasteiger partial charge in [-0.25, -0.2) is 0 Å². The molecule has 0 aliphatic rings. The van der Waals surface area contributed by atoms with Gasteiger partial charge in [0.1, 0.15) is 10.7 Å². The van der Waals surface area contributed by atoms with Gasteiger partial charge in [-0.15, -0.1) is 0 Å². The van der Waals surface area contributed by atoms with Gasteiger partial charge in [0, 0.05) is 24.4 Å². The Kier molecular flexibility index (Phi) is 4.25. The Labute approximate surface area is 112 Å². The lowest BCUT2D eigenvalue weighted by atomic mass is 10.2. The van der Waals surface area contributed by atoms with Crippen LogP contribution in [0.5, 0.6) is 5.75 Å². The van der Waals surface area contributed by atoms with E-state index in [4.69, 9.17) is 22.7 Å². The van der Waals surface area contributed by atoms with Gasteiger partial charge in [-0.05, 0) is 23.8 Å². The summed E-state index contributed by atoms with van der Waals surface area (Å²) in [5.74, 6) is 0.782. The Morgan fingerprint density at radius 3 is 2.89 bits per heavy atom. The number of ether oxygens (including phenoxy) is 1. The molecule has 1 heterocycles. The van der Waals surface area contributed by atoms with Gasteiger partial charge in [0.25, 0.3) is 0 Å². The second-order valence-corrected chi connectivity index (χ2v) is 4.29. The Bertz CT molecular complexity index is 528. The van der Waals surface area contributed by atoms with Crippen molar-refractivity contribution in [2.24, 2.45) is 5.73 Å².